The molecule has 0 spiro atoms. The van der Waals surface area contributed by atoms with E-state index in [-0.39, 0.29) is 5.38 Å². The van der Waals surface area contributed by atoms with Crippen LogP contribution in [-0.4, -0.2) is 14.5 Å². The van der Waals surface area contributed by atoms with Gasteiger partial charge in [0.1, 0.15) is 11.3 Å². The molecule has 2 aromatic rings. The normalized spacial score (nSPS) is 22.6. The van der Waals surface area contributed by atoms with Crippen LogP contribution in [0.3, 0.4) is 0 Å². The Bertz CT molecular complexity index is 623. The van der Waals surface area contributed by atoms with Crippen LogP contribution in [0.1, 0.15) is 43.8 Å². The average molecular weight is 276 g/mol. The van der Waals surface area contributed by atoms with Gasteiger partial charge in [-0.15, -0.1) is 11.6 Å². The van der Waals surface area contributed by atoms with Gasteiger partial charge in [-0.2, -0.15) is 0 Å². The number of alkyl halides is 1. The Hall–Kier alpha value is -1.09. The van der Waals surface area contributed by atoms with Crippen molar-refractivity contribution < 1.29 is 0 Å². The summed E-state index contributed by atoms with van der Waals surface area (Å²) < 4.78 is 2.28. The van der Waals surface area contributed by atoms with Gasteiger partial charge in [0.2, 0.25) is 0 Å². The van der Waals surface area contributed by atoms with E-state index in [1.165, 1.54) is 25.7 Å². The van der Waals surface area contributed by atoms with Crippen molar-refractivity contribution in [3.05, 3.63) is 24.2 Å². The molecule has 0 radical (unpaired) electrons. The minimum Gasteiger partial charge on any atom is -0.311 e. The topological polar surface area (TPSA) is 30.7 Å². The smallest absolute Gasteiger partial charge is 0.160 e. The Morgan fingerprint density at radius 1 is 1.47 bits per heavy atom. The van der Waals surface area contributed by atoms with Gasteiger partial charge in [0.05, 0.1) is 5.38 Å². The third-order valence-corrected chi connectivity index (χ3v) is 4.89. The van der Waals surface area contributed by atoms with Crippen molar-refractivity contribution in [1.29, 1.82) is 0 Å². The summed E-state index contributed by atoms with van der Waals surface area (Å²) in [6, 6.07) is 3.97. The molecule has 2 fully saturated rings. The second-order valence-electron chi connectivity index (χ2n) is 6.15. The molecule has 4 rings (SSSR count). The summed E-state index contributed by atoms with van der Waals surface area (Å²) in [6.07, 6.45) is 7.39. The lowest BCUT2D eigenvalue weighted by atomic mass is 10.0. The highest BCUT2D eigenvalue weighted by Crippen LogP contribution is 2.62. The number of rotatable bonds is 4. The van der Waals surface area contributed by atoms with Crippen molar-refractivity contribution in [2.45, 2.75) is 44.5 Å². The highest BCUT2D eigenvalue weighted by molar-refractivity contribution is 6.20. The SMILES string of the molecule is CC(Cl)c1nc2cccnc2n1CC1(C2CC2)CC1. The fraction of sp³-hybridized carbons (Fsp3) is 0.600. The Morgan fingerprint density at radius 3 is 2.89 bits per heavy atom. The summed E-state index contributed by atoms with van der Waals surface area (Å²) in [4.78, 5) is 9.19. The van der Waals surface area contributed by atoms with Crippen LogP contribution in [0.25, 0.3) is 11.2 Å². The number of pyridine rings is 1. The lowest BCUT2D eigenvalue weighted by Gasteiger charge is -2.18. The van der Waals surface area contributed by atoms with E-state index >= 15 is 0 Å². The second-order valence-corrected chi connectivity index (χ2v) is 6.81. The van der Waals surface area contributed by atoms with Gasteiger partial charge in [-0.3, -0.25) is 0 Å². The lowest BCUT2D eigenvalue weighted by molar-refractivity contribution is 0.368. The Labute approximate surface area is 118 Å². The molecular weight excluding hydrogens is 258 g/mol. The maximum absolute atomic E-state index is 6.31. The molecule has 0 saturated heterocycles. The zero-order valence-corrected chi connectivity index (χ0v) is 11.9. The number of imidazole rings is 1. The molecule has 0 amide bonds. The third-order valence-electron chi connectivity index (χ3n) is 4.70. The minimum atomic E-state index is -0.0656. The van der Waals surface area contributed by atoms with Crippen molar-refractivity contribution in [3.8, 4) is 0 Å². The fourth-order valence-electron chi connectivity index (χ4n) is 3.30. The number of hydrogen-bond donors (Lipinski definition) is 0. The van der Waals surface area contributed by atoms with E-state index in [1.807, 2.05) is 25.3 Å². The Morgan fingerprint density at radius 2 is 2.26 bits per heavy atom. The summed E-state index contributed by atoms with van der Waals surface area (Å²) in [7, 11) is 0. The molecular formula is C15H18ClN3. The molecule has 19 heavy (non-hydrogen) atoms. The van der Waals surface area contributed by atoms with E-state index in [0.717, 1.165) is 29.5 Å². The first-order valence-electron chi connectivity index (χ1n) is 7.15. The highest BCUT2D eigenvalue weighted by Gasteiger charge is 2.54. The van der Waals surface area contributed by atoms with E-state index < -0.39 is 0 Å². The monoisotopic (exact) mass is 275 g/mol. The molecule has 1 unspecified atom stereocenters. The molecule has 2 aliphatic carbocycles. The van der Waals surface area contributed by atoms with Gasteiger partial charge in [-0.25, -0.2) is 9.97 Å². The van der Waals surface area contributed by atoms with Crippen LogP contribution < -0.4 is 0 Å². The number of aromatic nitrogens is 3. The molecule has 0 aromatic carbocycles. The Kier molecular flexibility index (Phi) is 2.44. The largest absolute Gasteiger partial charge is 0.311 e. The summed E-state index contributed by atoms with van der Waals surface area (Å²) in [6.45, 7) is 3.05. The van der Waals surface area contributed by atoms with Gasteiger partial charge in [-0.1, -0.05) is 0 Å². The minimum absolute atomic E-state index is 0.0656. The number of nitrogens with zero attached hydrogens (tertiary/aromatic N) is 3. The van der Waals surface area contributed by atoms with Crippen LogP contribution in [0.2, 0.25) is 0 Å². The van der Waals surface area contributed by atoms with Crippen LogP contribution in [-0.2, 0) is 6.54 Å². The van der Waals surface area contributed by atoms with Crippen molar-refractivity contribution in [3.63, 3.8) is 0 Å². The average Bonchev–Trinajstić information content (AvgIpc) is 3.27. The van der Waals surface area contributed by atoms with Crippen molar-refractivity contribution in [1.82, 2.24) is 14.5 Å². The first-order chi connectivity index (χ1) is 9.20. The van der Waals surface area contributed by atoms with E-state index in [9.17, 15) is 0 Å². The third kappa shape index (κ3) is 1.86. The van der Waals surface area contributed by atoms with E-state index in [2.05, 4.69) is 14.5 Å². The van der Waals surface area contributed by atoms with Crippen LogP contribution in [0.5, 0.6) is 0 Å². The maximum Gasteiger partial charge on any atom is 0.160 e. The van der Waals surface area contributed by atoms with Crippen LogP contribution >= 0.6 is 11.6 Å². The van der Waals surface area contributed by atoms with Gasteiger partial charge in [-0.05, 0) is 56.1 Å². The van der Waals surface area contributed by atoms with Crippen LogP contribution in [0, 0.1) is 11.3 Å². The predicted octanol–water partition coefficient (Wildman–Crippen LogP) is 3.92. The molecule has 3 nitrogen and oxygen atoms in total. The fourth-order valence-corrected chi connectivity index (χ4v) is 3.47. The zero-order valence-electron chi connectivity index (χ0n) is 11.1. The van der Waals surface area contributed by atoms with Gasteiger partial charge in [0.25, 0.3) is 0 Å². The summed E-state index contributed by atoms with van der Waals surface area (Å²) in [5.41, 5.74) is 2.50. The summed E-state index contributed by atoms with van der Waals surface area (Å²) in [5, 5.41) is -0.0656. The zero-order chi connectivity index (χ0) is 13.0. The molecule has 0 bridgehead atoms. The molecule has 4 heteroatoms. The van der Waals surface area contributed by atoms with Crippen molar-refractivity contribution >= 4 is 22.8 Å². The predicted molar refractivity (Wildman–Crippen MR) is 76.2 cm³/mol. The van der Waals surface area contributed by atoms with Gasteiger partial charge < -0.3 is 4.57 Å². The molecule has 2 heterocycles. The van der Waals surface area contributed by atoms with E-state index in [0.29, 0.717) is 5.41 Å². The quantitative estimate of drug-likeness (QED) is 0.792. The highest BCUT2D eigenvalue weighted by atomic mass is 35.5. The van der Waals surface area contributed by atoms with Crippen molar-refractivity contribution in [2.75, 3.05) is 0 Å². The molecule has 2 aromatic heterocycles. The van der Waals surface area contributed by atoms with Crippen LogP contribution in [0.4, 0.5) is 0 Å². The molecule has 0 N–H and O–H groups in total. The lowest BCUT2D eigenvalue weighted by Crippen LogP contribution is -2.16. The molecule has 1 atom stereocenters. The van der Waals surface area contributed by atoms with E-state index in [1.54, 1.807) is 0 Å². The number of hydrogen-bond acceptors (Lipinski definition) is 2. The van der Waals surface area contributed by atoms with E-state index in [4.69, 9.17) is 11.6 Å². The Balaban J connectivity index is 1.80. The van der Waals surface area contributed by atoms with Gasteiger partial charge in [0, 0.05) is 12.7 Å². The molecule has 2 aliphatic rings. The summed E-state index contributed by atoms with van der Waals surface area (Å²) in [5.74, 6) is 1.91. The summed E-state index contributed by atoms with van der Waals surface area (Å²) >= 11 is 6.31. The van der Waals surface area contributed by atoms with Gasteiger partial charge >= 0.3 is 0 Å². The van der Waals surface area contributed by atoms with Crippen LogP contribution in [0.15, 0.2) is 18.3 Å². The first kappa shape index (κ1) is 11.7. The number of fused-ring (bicyclic) bond motifs is 1. The standard InChI is InChI=1S/C15H18ClN3/c1-10(16)13-18-12-3-2-8-17-14(12)19(13)9-15(6-7-15)11-4-5-11/h2-3,8,10-11H,4-7,9H2,1H3. The molecule has 0 aliphatic heterocycles. The second kappa shape index (κ2) is 3.95. The molecule has 100 valence electrons. The first-order valence-corrected chi connectivity index (χ1v) is 7.58. The van der Waals surface area contributed by atoms with Crippen molar-refractivity contribution in [2.24, 2.45) is 11.3 Å². The maximum atomic E-state index is 6.31. The number of halogens is 1. The molecule has 2 saturated carbocycles. The van der Waals surface area contributed by atoms with Gasteiger partial charge in [0.15, 0.2) is 5.65 Å².